The van der Waals surface area contributed by atoms with E-state index in [-0.39, 0.29) is 22.7 Å². The highest BCUT2D eigenvalue weighted by atomic mass is 35.5. The molecule has 1 aliphatic rings. The molecule has 0 aliphatic carbocycles. The van der Waals surface area contributed by atoms with E-state index in [2.05, 4.69) is 4.98 Å². The molecule has 1 amide bonds. The van der Waals surface area contributed by atoms with Gasteiger partial charge in [0.1, 0.15) is 11.6 Å². The number of carbonyl (C=O) groups excluding carboxylic acids is 2. The second kappa shape index (κ2) is 8.49. The van der Waals surface area contributed by atoms with Gasteiger partial charge in [0.05, 0.1) is 21.7 Å². The molecule has 1 saturated heterocycles. The maximum atomic E-state index is 13.3. The minimum Gasteiger partial charge on any atom is -0.507 e. The molecule has 0 radical (unpaired) electrons. The fraction of sp³-hybridized carbons (Fsp3) is 0.0870. The van der Waals surface area contributed by atoms with Gasteiger partial charge >= 0.3 is 0 Å². The van der Waals surface area contributed by atoms with Gasteiger partial charge in [-0.15, -0.1) is 0 Å². The van der Waals surface area contributed by atoms with Gasteiger partial charge in [-0.1, -0.05) is 35.3 Å². The molecule has 2 heterocycles. The topological polar surface area (TPSA) is 70.5 Å². The van der Waals surface area contributed by atoms with E-state index in [1.807, 2.05) is 0 Å². The molecule has 0 spiro atoms. The van der Waals surface area contributed by atoms with Crippen molar-refractivity contribution in [3.8, 4) is 0 Å². The van der Waals surface area contributed by atoms with Crippen molar-refractivity contribution in [2.45, 2.75) is 12.6 Å². The highest BCUT2D eigenvalue weighted by Crippen LogP contribution is 2.41. The highest BCUT2D eigenvalue weighted by molar-refractivity contribution is 6.46. The Labute approximate surface area is 187 Å². The van der Waals surface area contributed by atoms with Crippen LogP contribution in [0.5, 0.6) is 0 Å². The fourth-order valence-electron chi connectivity index (χ4n) is 3.52. The van der Waals surface area contributed by atoms with E-state index in [0.717, 1.165) is 12.1 Å². The summed E-state index contributed by atoms with van der Waals surface area (Å²) in [6.45, 7) is 0.0868. The molecular formula is C23H15Cl2FN2O3. The van der Waals surface area contributed by atoms with Crippen molar-refractivity contribution in [3.05, 3.63) is 105 Å². The number of aromatic nitrogens is 1. The monoisotopic (exact) mass is 456 g/mol. The number of halogens is 3. The first-order valence-corrected chi connectivity index (χ1v) is 10.0. The first-order valence-electron chi connectivity index (χ1n) is 9.25. The first-order chi connectivity index (χ1) is 14.9. The minimum absolute atomic E-state index is 0.0868. The molecule has 1 fully saturated rings. The van der Waals surface area contributed by atoms with Crippen LogP contribution in [0.3, 0.4) is 0 Å². The number of carbonyl (C=O) groups is 2. The maximum Gasteiger partial charge on any atom is 0.295 e. The van der Waals surface area contributed by atoms with Gasteiger partial charge in [0.2, 0.25) is 0 Å². The lowest BCUT2D eigenvalue weighted by Gasteiger charge is -2.25. The second-order valence-electron chi connectivity index (χ2n) is 6.97. The number of nitrogens with zero attached hydrogens (tertiary/aromatic N) is 2. The largest absolute Gasteiger partial charge is 0.507 e. The number of hydrogen-bond acceptors (Lipinski definition) is 4. The zero-order valence-corrected chi connectivity index (χ0v) is 17.4. The number of likely N-dealkylation sites (tertiary alicyclic amines) is 1. The molecule has 5 nitrogen and oxygen atoms in total. The molecule has 2 aromatic carbocycles. The molecule has 0 saturated carbocycles. The number of Topliss-reactive ketones (excluding diaryl/α,β-unsaturated/α-hetero) is 1. The number of aliphatic hydroxyl groups excluding tert-OH is 1. The Morgan fingerprint density at radius 2 is 1.81 bits per heavy atom. The van der Waals surface area contributed by atoms with E-state index in [9.17, 15) is 19.1 Å². The molecule has 1 N–H and O–H groups in total. The summed E-state index contributed by atoms with van der Waals surface area (Å²) in [6.07, 6.45) is 3.19. The second-order valence-corrected chi connectivity index (χ2v) is 7.78. The molecular weight excluding hydrogens is 442 g/mol. The van der Waals surface area contributed by atoms with Crippen LogP contribution >= 0.6 is 23.2 Å². The van der Waals surface area contributed by atoms with Crippen molar-refractivity contribution in [2.75, 3.05) is 0 Å². The molecule has 3 aromatic rings. The number of aliphatic hydroxyl groups is 1. The minimum atomic E-state index is -0.917. The van der Waals surface area contributed by atoms with Gasteiger partial charge in [-0.2, -0.15) is 0 Å². The number of hydrogen-bond donors (Lipinski definition) is 1. The fourth-order valence-corrected chi connectivity index (χ4v) is 3.83. The van der Waals surface area contributed by atoms with Crippen molar-refractivity contribution in [1.29, 1.82) is 0 Å². The van der Waals surface area contributed by atoms with Gasteiger partial charge in [0.15, 0.2) is 0 Å². The average Bonchev–Trinajstić information content (AvgIpc) is 3.01. The van der Waals surface area contributed by atoms with Crippen LogP contribution in [0.25, 0.3) is 5.76 Å². The van der Waals surface area contributed by atoms with E-state index in [0.29, 0.717) is 16.1 Å². The summed E-state index contributed by atoms with van der Waals surface area (Å²) in [4.78, 5) is 31.3. The normalized spacial score (nSPS) is 17.9. The molecule has 1 atom stereocenters. The van der Waals surface area contributed by atoms with Crippen LogP contribution in [0.2, 0.25) is 10.0 Å². The van der Waals surface area contributed by atoms with E-state index < -0.39 is 29.3 Å². The molecule has 31 heavy (non-hydrogen) atoms. The van der Waals surface area contributed by atoms with Crippen molar-refractivity contribution < 1.29 is 19.1 Å². The lowest BCUT2D eigenvalue weighted by atomic mass is 9.95. The molecule has 0 bridgehead atoms. The molecule has 1 aliphatic heterocycles. The van der Waals surface area contributed by atoms with Gasteiger partial charge in [-0.3, -0.25) is 14.6 Å². The average molecular weight is 457 g/mol. The Morgan fingerprint density at radius 1 is 1.06 bits per heavy atom. The summed E-state index contributed by atoms with van der Waals surface area (Å²) in [7, 11) is 0. The highest BCUT2D eigenvalue weighted by Gasteiger charge is 2.46. The lowest BCUT2D eigenvalue weighted by Crippen LogP contribution is -2.29. The third kappa shape index (κ3) is 4.04. The van der Waals surface area contributed by atoms with Gasteiger partial charge in [-0.05, 0) is 53.6 Å². The molecule has 156 valence electrons. The number of benzene rings is 2. The third-order valence-electron chi connectivity index (χ3n) is 4.99. The van der Waals surface area contributed by atoms with Gasteiger partial charge in [0.25, 0.3) is 11.7 Å². The van der Waals surface area contributed by atoms with Crippen LogP contribution in [-0.4, -0.2) is 26.7 Å². The van der Waals surface area contributed by atoms with E-state index >= 15 is 0 Å². The van der Waals surface area contributed by atoms with Crippen LogP contribution in [0.15, 0.2) is 72.6 Å². The summed E-state index contributed by atoms with van der Waals surface area (Å²) < 4.78 is 13.3. The van der Waals surface area contributed by atoms with Crippen molar-refractivity contribution >= 4 is 40.7 Å². The zero-order valence-electron chi connectivity index (χ0n) is 15.9. The van der Waals surface area contributed by atoms with Gasteiger partial charge < -0.3 is 10.0 Å². The third-order valence-corrected chi connectivity index (χ3v) is 5.73. The van der Waals surface area contributed by atoms with Crippen LogP contribution in [0.4, 0.5) is 4.39 Å². The predicted molar refractivity (Wildman–Crippen MR) is 115 cm³/mol. The number of pyridine rings is 1. The lowest BCUT2D eigenvalue weighted by molar-refractivity contribution is -0.140. The summed E-state index contributed by atoms with van der Waals surface area (Å²) in [5.41, 5.74) is 1.31. The van der Waals surface area contributed by atoms with E-state index in [1.165, 1.54) is 17.0 Å². The summed E-state index contributed by atoms with van der Waals surface area (Å²) in [6, 6.07) is 12.3. The van der Waals surface area contributed by atoms with Crippen LogP contribution in [-0.2, 0) is 16.1 Å². The Morgan fingerprint density at radius 3 is 2.45 bits per heavy atom. The molecule has 8 heteroatoms. The maximum absolute atomic E-state index is 13.3. The number of amides is 1. The SMILES string of the molecule is O=C1C(=O)N(Cc2cccnc2)[C@H](c2ccc(Cl)c(Cl)c2)/C1=C(\O)c1ccc(F)cc1. The Bertz CT molecular complexity index is 1200. The van der Waals surface area contributed by atoms with Crippen molar-refractivity contribution in [2.24, 2.45) is 0 Å². The Kier molecular flexibility index (Phi) is 5.76. The summed E-state index contributed by atoms with van der Waals surface area (Å²) >= 11 is 12.2. The number of ketones is 1. The number of rotatable bonds is 4. The first kappa shape index (κ1) is 21.0. The van der Waals surface area contributed by atoms with E-state index in [1.54, 1.807) is 42.7 Å². The smallest absolute Gasteiger partial charge is 0.295 e. The van der Waals surface area contributed by atoms with Crippen molar-refractivity contribution in [1.82, 2.24) is 9.88 Å². The molecule has 0 unspecified atom stereocenters. The molecule has 1 aromatic heterocycles. The van der Waals surface area contributed by atoms with Gasteiger partial charge in [0, 0.05) is 24.5 Å². The standard InChI is InChI=1S/C23H15Cl2FN2O3/c24-17-8-5-15(10-18(17)25)20-19(21(29)14-3-6-16(26)7-4-14)22(30)23(31)28(20)12-13-2-1-9-27-11-13/h1-11,20,29H,12H2/b21-19+/t20-/m1/s1. The summed E-state index contributed by atoms with van der Waals surface area (Å²) in [5.74, 6) is -2.51. The van der Waals surface area contributed by atoms with Crippen molar-refractivity contribution in [3.63, 3.8) is 0 Å². The predicted octanol–water partition coefficient (Wildman–Crippen LogP) is 5.15. The zero-order chi connectivity index (χ0) is 22.1. The summed E-state index contributed by atoms with van der Waals surface area (Å²) in [5, 5.41) is 11.5. The quantitative estimate of drug-likeness (QED) is 0.334. The van der Waals surface area contributed by atoms with E-state index in [4.69, 9.17) is 23.2 Å². The molecule has 4 rings (SSSR count). The Balaban J connectivity index is 1.88. The van der Waals surface area contributed by atoms with Crippen LogP contribution in [0.1, 0.15) is 22.7 Å². The van der Waals surface area contributed by atoms with Crippen LogP contribution < -0.4 is 0 Å². The van der Waals surface area contributed by atoms with Gasteiger partial charge in [-0.25, -0.2) is 4.39 Å². The Hall–Kier alpha value is -3.22. The van der Waals surface area contributed by atoms with Crippen LogP contribution in [0, 0.1) is 5.82 Å².